The summed E-state index contributed by atoms with van der Waals surface area (Å²) in [6, 6.07) is 2.29. The van der Waals surface area contributed by atoms with Gasteiger partial charge in [-0.3, -0.25) is 9.59 Å². The Morgan fingerprint density at radius 3 is 2.54 bits per heavy atom. The van der Waals surface area contributed by atoms with Crippen LogP contribution in [0, 0.1) is 34.5 Å². The molecular formula is C22H30N2O3S. The molecule has 0 spiro atoms. The number of carboxylic acid groups (broad SMARTS) is 1. The summed E-state index contributed by atoms with van der Waals surface area (Å²) in [5, 5.41) is 22.7. The normalized spacial score (nSPS) is 24.9. The van der Waals surface area contributed by atoms with Gasteiger partial charge in [0.25, 0.3) is 0 Å². The van der Waals surface area contributed by atoms with Crippen LogP contribution in [0.2, 0.25) is 0 Å². The molecule has 1 fully saturated rings. The Bertz CT molecular complexity index is 805. The number of anilines is 1. The third kappa shape index (κ3) is 3.96. The van der Waals surface area contributed by atoms with E-state index >= 15 is 0 Å². The summed E-state index contributed by atoms with van der Waals surface area (Å²) in [4.78, 5) is 25.6. The lowest BCUT2D eigenvalue weighted by atomic mass is 9.69. The molecular weight excluding hydrogens is 372 g/mol. The number of amides is 1. The average Bonchev–Trinajstić information content (AvgIpc) is 3.03. The third-order valence-corrected chi connectivity index (χ3v) is 8.22. The lowest BCUT2D eigenvalue weighted by Crippen LogP contribution is -2.36. The van der Waals surface area contributed by atoms with Crippen molar-refractivity contribution in [3.8, 4) is 6.07 Å². The Hall–Kier alpha value is -1.87. The zero-order valence-electron chi connectivity index (χ0n) is 17.0. The first-order valence-electron chi connectivity index (χ1n) is 10.4. The molecule has 1 amide bonds. The first kappa shape index (κ1) is 20.9. The van der Waals surface area contributed by atoms with Gasteiger partial charge in [-0.1, -0.05) is 40.0 Å². The van der Waals surface area contributed by atoms with E-state index in [4.69, 9.17) is 0 Å². The maximum absolute atomic E-state index is 12.9. The van der Waals surface area contributed by atoms with E-state index in [9.17, 15) is 20.0 Å². The van der Waals surface area contributed by atoms with Gasteiger partial charge in [-0.15, -0.1) is 11.3 Å². The maximum atomic E-state index is 12.9. The number of thiophene rings is 1. The number of fused-ring (bicyclic) bond motifs is 1. The van der Waals surface area contributed by atoms with E-state index in [2.05, 4.69) is 32.2 Å². The van der Waals surface area contributed by atoms with Crippen molar-refractivity contribution in [1.82, 2.24) is 0 Å². The molecule has 2 aliphatic carbocycles. The molecule has 2 N–H and O–H groups in total. The van der Waals surface area contributed by atoms with Crippen LogP contribution in [0.1, 0.15) is 75.3 Å². The average molecular weight is 403 g/mol. The number of nitrogens with one attached hydrogen (secondary N) is 1. The molecule has 152 valence electrons. The van der Waals surface area contributed by atoms with E-state index in [1.165, 1.54) is 16.2 Å². The summed E-state index contributed by atoms with van der Waals surface area (Å²) in [7, 11) is 0. The summed E-state index contributed by atoms with van der Waals surface area (Å²) in [5.74, 6) is -1.69. The molecule has 5 nitrogen and oxygen atoms in total. The molecule has 0 unspecified atom stereocenters. The van der Waals surface area contributed by atoms with E-state index < -0.39 is 17.8 Å². The maximum Gasteiger partial charge on any atom is 0.307 e. The lowest BCUT2D eigenvalue weighted by Gasteiger charge is -2.36. The number of nitriles is 1. The summed E-state index contributed by atoms with van der Waals surface area (Å²) in [6.45, 7) is 6.83. The SMILES string of the molecule is CCC(C)(C)[C@H]1CCc2c(sc(NC(=O)[C@@H]3CCCC[C@@H]3C(=O)O)c2C#N)C1. The minimum atomic E-state index is -0.893. The highest BCUT2D eigenvalue weighted by Crippen LogP contribution is 2.45. The second kappa shape index (κ2) is 8.24. The van der Waals surface area contributed by atoms with Crippen LogP contribution in [-0.2, 0) is 22.4 Å². The highest BCUT2D eigenvalue weighted by Gasteiger charge is 2.37. The van der Waals surface area contributed by atoms with E-state index in [1.54, 1.807) is 0 Å². The van der Waals surface area contributed by atoms with Crippen LogP contribution in [0.25, 0.3) is 0 Å². The summed E-state index contributed by atoms with van der Waals surface area (Å²) in [5.41, 5.74) is 1.93. The first-order valence-corrected chi connectivity index (χ1v) is 11.2. The predicted molar refractivity (Wildman–Crippen MR) is 110 cm³/mol. The fourth-order valence-electron chi connectivity index (χ4n) is 4.69. The van der Waals surface area contributed by atoms with Gasteiger partial charge in [-0.25, -0.2) is 0 Å². The molecule has 0 bridgehead atoms. The molecule has 0 radical (unpaired) electrons. The van der Waals surface area contributed by atoms with Crippen molar-refractivity contribution in [2.75, 3.05) is 5.32 Å². The van der Waals surface area contributed by atoms with Crippen LogP contribution >= 0.6 is 11.3 Å². The van der Waals surface area contributed by atoms with Crippen LogP contribution in [0.3, 0.4) is 0 Å². The van der Waals surface area contributed by atoms with Gasteiger partial charge in [0.15, 0.2) is 0 Å². The zero-order chi connectivity index (χ0) is 20.5. The smallest absolute Gasteiger partial charge is 0.307 e. The standard InChI is InChI=1S/C22H30N2O3S/c1-4-22(2,3)13-9-10-14-17(12-23)20(28-18(14)11-13)24-19(25)15-7-5-6-8-16(15)21(26)27/h13,15-16H,4-11H2,1-3H3,(H,24,25)(H,26,27)/t13-,15+,16-/m0/s1. The van der Waals surface area contributed by atoms with Crippen molar-refractivity contribution >= 4 is 28.2 Å². The number of carboxylic acids is 1. The van der Waals surface area contributed by atoms with E-state index in [1.807, 2.05) is 0 Å². The Morgan fingerprint density at radius 1 is 1.25 bits per heavy atom. The molecule has 28 heavy (non-hydrogen) atoms. The van der Waals surface area contributed by atoms with Crippen molar-refractivity contribution in [2.45, 2.75) is 72.1 Å². The molecule has 1 heterocycles. The number of carbonyl (C=O) groups excluding carboxylic acids is 1. The number of nitrogens with zero attached hydrogens (tertiary/aromatic N) is 1. The topological polar surface area (TPSA) is 90.2 Å². The van der Waals surface area contributed by atoms with Gasteiger partial charge in [-0.2, -0.15) is 5.26 Å². The number of aliphatic carboxylic acids is 1. The Labute approximate surface area is 171 Å². The Kier molecular flexibility index (Phi) is 6.14. The van der Waals surface area contributed by atoms with Crippen molar-refractivity contribution in [2.24, 2.45) is 23.2 Å². The van der Waals surface area contributed by atoms with Gasteiger partial charge in [0.2, 0.25) is 5.91 Å². The van der Waals surface area contributed by atoms with E-state index in [0.29, 0.717) is 29.3 Å². The summed E-state index contributed by atoms with van der Waals surface area (Å²) >= 11 is 1.52. The summed E-state index contributed by atoms with van der Waals surface area (Å²) in [6.07, 6.45) is 6.89. The third-order valence-electron chi connectivity index (χ3n) is 7.05. The van der Waals surface area contributed by atoms with Crippen LogP contribution in [-0.4, -0.2) is 17.0 Å². The number of hydrogen-bond acceptors (Lipinski definition) is 4. The van der Waals surface area contributed by atoms with E-state index in [0.717, 1.165) is 44.1 Å². The molecule has 0 aromatic carbocycles. The molecule has 1 aromatic rings. The monoisotopic (exact) mass is 402 g/mol. The second-order valence-corrected chi connectivity index (χ2v) is 10.0. The molecule has 3 rings (SSSR count). The first-order chi connectivity index (χ1) is 13.3. The quantitative estimate of drug-likeness (QED) is 0.726. The molecule has 0 saturated heterocycles. The van der Waals surface area contributed by atoms with E-state index in [-0.39, 0.29) is 11.3 Å². The largest absolute Gasteiger partial charge is 0.481 e. The molecule has 1 aromatic heterocycles. The lowest BCUT2D eigenvalue weighted by molar-refractivity contribution is -0.147. The minimum Gasteiger partial charge on any atom is -0.481 e. The molecule has 3 atom stereocenters. The minimum absolute atomic E-state index is 0.243. The highest BCUT2D eigenvalue weighted by molar-refractivity contribution is 7.16. The Balaban J connectivity index is 1.81. The van der Waals surface area contributed by atoms with Crippen LogP contribution in [0.5, 0.6) is 0 Å². The van der Waals surface area contributed by atoms with Gasteiger partial charge in [0.05, 0.1) is 17.4 Å². The van der Waals surface area contributed by atoms with Crippen molar-refractivity contribution in [3.63, 3.8) is 0 Å². The van der Waals surface area contributed by atoms with Crippen molar-refractivity contribution < 1.29 is 14.7 Å². The fraction of sp³-hybridized carbons (Fsp3) is 0.682. The van der Waals surface area contributed by atoms with Gasteiger partial charge >= 0.3 is 5.97 Å². The highest BCUT2D eigenvalue weighted by atomic mass is 32.1. The molecule has 2 aliphatic rings. The zero-order valence-corrected chi connectivity index (χ0v) is 17.8. The van der Waals surface area contributed by atoms with Gasteiger partial charge in [0.1, 0.15) is 11.1 Å². The van der Waals surface area contributed by atoms with Gasteiger partial charge in [-0.05, 0) is 49.0 Å². The molecule has 1 saturated carbocycles. The van der Waals surface area contributed by atoms with Crippen molar-refractivity contribution in [3.05, 3.63) is 16.0 Å². The van der Waals surface area contributed by atoms with Gasteiger partial charge < -0.3 is 10.4 Å². The van der Waals surface area contributed by atoms with Crippen LogP contribution < -0.4 is 5.32 Å². The second-order valence-electron chi connectivity index (χ2n) is 8.93. The number of hydrogen-bond donors (Lipinski definition) is 2. The van der Waals surface area contributed by atoms with Crippen LogP contribution in [0.4, 0.5) is 5.00 Å². The molecule has 6 heteroatoms. The number of carbonyl (C=O) groups is 2. The van der Waals surface area contributed by atoms with Crippen molar-refractivity contribution in [1.29, 1.82) is 5.26 Å². The molecule has 0 aliphatic heterocycles. The predicted octanol–water partition coefficient (Wildman–Crippen LogP) is 4.99. The number of rotatable bonds is 5. The van der Waals surface area contributed by atoms with Gasteiger partial charge in [0, 0.05) is 4.88 Å². The Morgan fingerprint density at radius 2 is 1.93 bits per heavy atom. The summed E-state index contributed by atoms with van der Waals surface area (Å²) < 4.78 is 0. The van der Waals surface area contributed by atoms with Crippen LogP contribution in [0.15, 0.2) is 0 Å². The fourth-order valence-corrected chi connectivity index (χ4v) is 5.97.